The molecule has 0 fully saturated rings. The lowest BCUT2D eigenvalue weighted by Crippen LogP contribution is -2.36. The molecule has 5 heteroatoms. The summed E-state index contributed by atoms with van der Waals surface area (Å²) in [7, 11) is 1.59. The third-order valence-corrected chi connectivity index (χ3v) is 2.51. The molecule has 0 heterocycles. The SMILES string of the molecule is CN(c1ccc(F)cc1F)C(CO)CCO. The van der Waals surface area contributed by atoms with Gasteiger partial charge in [0.15, 0.2) is 0 Å². The first kappa shape index (κ1) is 12.9. The van der Waals surface area contributed by atoms with E-state index in [0.29, 0.717) is 6.42 Å². The van der Waals surface area contributed by atoms with Crippen LogP contribution in [-0.4, -0.2) is 36.5 Å². The Kier molecular flexibility index (Phi) is 4.64. The molecule has 0 radical (unpaired) electrons. The van der Waals surface area contributed by atoms with Crippen LogP contribution in [0, 0.1) is 11.6 Å². The Hall–Kier alpha value is -1.20. The number of aliphatic hydroxyl groups excluding tert-OH is 2. The summed E-state index contributed by atoms with van der Waals surface area (Å²) in [5.74, 6) is -1.32. The van der Waals surface area contributed by atoms with Gasteiger partial charge in [-0.05, 0) is 18.6 Å². The molecule has 0 aliphatic rings. The molecular weight excluding hydrogens is 216 g/mol. The number of halogens is 2. The van der Waals surface area contributed by atoms with Crippen molar-refractivity contribution in [3.8, 4) is 0 Å². The molecule has 1 unspecified atom stereocenters. The van der Waals surface area contributed by atoms with Crippen molar-refractivity contribution in [2.75, 3.05) is 25.2 Å². The van der Waals surface area contributed by atoms with Crippen LogP contribution in [0.3, 0.4) is 0 Å². The summed E-state index contributed by atoms with van der Waals surface area (Å²) < 4.78 is 26.1. The molecule has 0 spiro atoms. The monoisotopic (exact) mass is 231 g/mol. The van der Waals surface area contributed by atoms with E-state index in [0.717, 1.165) is 12.1 Å². The average molecular weight is 231 g/mol. The maximum Gasteiger partial charge on any atom is 0.149 e. The van der Waals surface area contributed by atoms with Gasteiger partial charge >= 0.3 is 0 Å². The van der Waals surface area contributed by atoms with Crippen molar-refractivity contribution in [3.05, 3.63) is 29.8 Å². The van der Waals surface area contributed by atoms with Gasteiger partial charge in [0.2, 0.25) is 0 Å². The lowest BCUT2D eigenvalue weighted by Gasteiger charge is -2.28. The van der Waals surface area contributed by atoms with Gasteiger partial charge in [-0.3, -0.25) is 0 Å². The topological polar surface area (TPSA) is 43.7 Å². The van der Waals surface area contributed by atoms with Crippen molar-refractivity contribution in [1.82, 2.24) is 0 Å². The largest absolute Gasteiger partial charge is 0.396 e. The number of rotatable bonds is 5. The normalized spacial score (nSPS) is 12.6. The first-order valence-electron chi connectivity index (χ1n) is 4.99. The number of likely N-dealkylation sites (N-methyl/N-ethyl adjacent to an activating group) is 1. The summed E-state index contributed by atoms with van der Waals surface area (Å²) in [6.07, 6.45) is 0.323. The fraction of sp³-hybridized carbons (Fsp3) is 0.455. The molecule has 1 atom stereocenters. The zero-order chi connectivity index (χ0) is 12.1. The maximum absolute atomic E-state index is 13.4. The van der Waals surface area contributed by atoms with E-state index in [2.05, 4.69) is 0 Å². The highest BCUT2D eigenvalue weighted by Crippen LogP contribution is 2.21. The first-order valence-corrected chi connectivity index (χ1v) is 4.99. The second kappa shape index (κ2) is 5.77. The fourth-order valence-electron chi connectivity index (χ4n) is 1.52. The molecule has 1 aromatic rings. The van der Waals surface area contributed by atoms with Crippen LogP contribution in [0.4, 0.5) is 14.5 Å². The number of hydrogen-bond acceptors (Lipinski definition) is 3. The summed E-state index contributed by atoms with van der Waals surface area (Å²) in [4.78, 5) is 1.49. The van der Waals surface area contributed by atoms with E-state index in [1.807, 2.05) is 0 Å². The summed E-state index contributed by atoms with van der Waals surface area (Å²) in [6, 6.07) is 2.87. The molecular formula is C11H15F2NO2. The van der Waals surface area contributed by atoms with Gasteiger partial charge in [0.25, 0.3) is 0 Å². The minimum atomic E-state index is -0.682. The molecule has 2 N–H and O–H groups in total. The van der Waals surface area contributed by atoms with Crippen LogP contribution in [0.5, 0.6) is 0 Å². The van der Waals surface area contributed by atoms with Gasteiger partial charge in [0.1, 0.15) is 11.6 Å². The number of benzene rings is 1. The molecule has 90 valence electrons. The summed E-state index contributed by atoms with van der Waals surface area (Å²) >= 11 is 0. The average Bonchev–Trinajstić information content (AvgIpc) is 2.25. The maximum atomic E-state index is 13.4. The minimum absolute atomic E-state index is 0.0988. The molecule has 0 saturated carbocycles. The summed E-state index contributed by atoms with van der Waals surface area (Å²) in [5.41, 5.74) is 0.203. The van der Waals surface area contributed by atoms with Crippen molar-refractivity contribution < 1.29 is 19.0 Å². The van der Waals surface area contributed by atoms with E-state index in [4.69, 9.17) is 10.2 Å². The molecule has 0 saturated heterocycles. The van der Waals surface area contributed by atoms with Crippen LogP contribution in [0.15, 0.2) is 18.2 Å². The van der Waals surface area contributed by atoms with E-state index in [1.165, 1.54) is 11.0 Å². The van der Waals surface area contributed by atoms with E-state index in [1.54, 1.807) is 7.05 Å². The highest BCUT2D eigenvalue weighted by molar-refractivity contribution is 5.48. The number of aliphatic hydroxyl groups is 2. The predicted molar refractivity (Wildman–Crippen MR) is 57.3 cm³/mol. The van der Waals surface area contributed by atoms with Crippen LogP contribution in [-0.2, 0) is 0 Å². The highest BCUT2D eigenvalue weighted by Gasteiger charge is 2.17. The molecule has 16 heavy (non-hydrogen) atoms. The van der Waals surface area contributed by atoms with Crippen molar-refractivity contribution in [3.63, 3.8) is 0 Å². The number of nitrogens with zero attached hydrogens (tertiary/aromatic N) is 1. The van der Waals surface area contributed by atoms with Crippen molar-refractivity contribution in [2.45, 2.75) is 12.5 Å². The van der Waals surface area contributed by atoms with Gasteiger partial charge in [-0.1, -0.05) is 0 Å². The van der Waals surface area contributed by atoms with Gasteiger partial charge in [0.05, 0.1) is 18.3 Å². The van der Waals surface area contributed by atoms with Gasteiger partial charge in [0, 0.05) is 19.7 Å². The second-order valence-electron chi connectivity index (χ2n) is 3.56. The number of anilines is 1. The third kappa shape index (κ3) is 2.90. The smallest absolute Gasteiger partial charge is 0.149 e. The van der Waals surface area contributed by atoms with Gasteiger partial charge in [-0.2, -0.15) is 0 Å². The van der Waals surface area contributed by atoms with Crippen LogP contribution in [0.2, 0.25) is 0 Å². The highest BCUT2D eigenvalue weighted by atomic mass is 19.1. The van der Waals surface area contributed by atoms with Crippen LogP contribution in [0.1, 0.15) is 6.42 Å². The zero-order valence-electron chi connectivity index (χ0n) is 9.03. The standard InChI is InChI=1S/C11H15F2NO2/c1-14(9(7-16)4-5-15)11-3-2-8(12)6-10(11)13/h2-3,6,9,15-16H,4-5,7H2,1H3. The summed E-state index contributed by atoms with van der Waals surface area (Å²) in [5, 5.41) is 17.9. The Morgan fingerprint density at radius 1 is 1.31 bits per heavy atom. The molecule has 0 bridgehead atoms. The van der Waals surface area contributed by atoms with Crippen LogP contribution >= 0.6 is 0 Å². The lowest BCUT2D eigenvalue weighted by molar-refractivity contribution is 0.217. The molecule has 0 aromatic heterocycles. The Bertz CT molecular complexity index is 347. The summed E-state index contributed by atoms with van der Waals surface area (Å²) in [6.45, 7) is -0.299. The number of hydrogen-bond donors (Lipinski definition) is 2. The first-order chi connectivity index (χ1) is 7.60. The van der Waals surface area contributed by atoms with E-state index in [-0.39, 0.29) is 24.9 Å². The van der Waals surface area contributed by atoms with E-state index >= 15 is 0 Å². The Labute approximate surface area is 92.9 Å². The molecule has 1 rings (SSSR count). The Balaban J connectivity index is 2.89. The Morgan fingerprint density at radius 3 is 2.50 bits per heavy atom. The van der Waals surface area contributed by atoms with Gasteiger partial charge in [-0.15, -0.1) is 0 Å². The molecule has 1 aromatic carbocycles. The third-order valence-electron chi connectivity index (χ3n) is 2.51. The van der Waals surface area contributed by atoms with E-state index < -0.39 is 11.6 Å². The molecule has 0 amide bonds. The van der Waals surface area contributed by atoms with E-state index in [9.17, 15) is 8.78 Å². The molecule has 0 aliphatic carbocycles. The van der Waals surface area contributed by atoms with Crippen LogP contribution in [0.25, 0.3) is 0 Å². The molecule has 0 aliphatic heterocycles. The second-order valence-corrected chi connectivity index (χ2v) is 3.56. The predicted octanol–water partition coefficient (Wildman–Crippen LogP) is 1.14. The quantitative estimate of drug-likeness (QED) is 0.798. The van der Waals surface area contributed by atoms with Crippen molar-refractivity contribution in [2.24, 2.45) is 0 Å². The zero-order valence-corrected chi connectivity index (χ0v) is 9.03. The minimum Gasteiger partial charge on any atom is -0.396 e. The lowest BCUT2D eigenvalue weighted by atomic mass is 10.1. The van der Waals surface area contributed by atoms with Gasteiger partial charge in [-0.25, -0.2) is 8.78 Å². The van der Waals surface area contributed by atoms with Gasteiger partial charge < -0.3 is 15.1 Å². The van der Waals surface area contributed by atoms with Crippen LogP contribution < -0.4 is 4.90 Å². The fourth-order valence-corrected chi connectivity index (χ4v) is 1.52. The molecule has 3 nitrogen and oxygen atoms in total. The Morgan fingerprint density at radius 2 is 2.00 bits per heavy atom. The van der Waals surface area contributed by atoms with Crippen molar-refractivity contribution in [1.29, 1.82) is 0 Å². The van der Waals surface area contributed by atoms with Crippen molar-refractivity contribution >= 4 is 5.69 Å².